The number of nitrogens with zero attached hydrogens (tertiary/aromatic N) is 4. The molecule has 0 aliphatic rings. The number of halogens is 1. The molecule has 2 aromatic heterocycles. The summed E-state index contributed by atoms with van der Waals surface area (Å²) in [4.78, 5) is 28.7. The van der Waals surface area contributed by atoms with Crippen LogP contribution in [0, 0.1) is 6.92 Å². The van der Waals surface area contributed by atoms with Crippen molar-refractivity contribution in [3.05, 3.63) is 64.4 Å². The van der Waals surface area contributed by atoms with Crippen molar-refractivity contribution < 1.29 is 9.59 Å². The summed E-state index contributed by atoms with van der Waals surface area (Å²) in [5.74, 6) is 0.214. The number of aromatic nitrogens is 4. The summed E-state index contributed by atoms with van der Waals surface area (Å²) in [6, 6.07) is 6.81. The first kappa shape index (κ1) is 22.0. The molecule has 0 atom stereocenters. The van der Waals surface area contributed by atoms with Crippen molar-refractivity contribution in [3.63, 3.8) is 0 Å². The van der Waals surface area contributed by atoms with Gasteiger partial charge in [0.1, 0.15) is 0 Å². The van der Waals surface area contributed by atoms with E-state index in [9.17, 15) is 9.59 Å². The summed E-state index contributed by atoms with van der Waals surface area (Å²) in [5.41, 5.74) is 1.25. The molecular formula is C19H19ClN6O2S2. The van der Waals surface area contributed by atoms with Crippen molar-refractivity contribution in [2.24, 2.45) is 0 Å². The van der Waals surface area contributed by atoms with Crippen molar-refractivity contribution in [2.45, 2.75) is 25.2 Å². The maximum Gasteiger partial charge on any atom is 0.253 e. The van der Waals surface area contributed by atoms with Crippen LogP contribution in [0.25, 0.3) is 0 Å². The molecule has 0 saturated carbocycles. The van der Waals surface area contributed by atoms with Gasteiger partial charge in [0.15, 0.2) is 16.1 Å². The van der Waals surface area contributed by atoms with E-state index in [4.69, 9.17) is 11.6 Å². The van der Waals surface area contributed by atoms with Crippen LogP contribution in [0.1, 0.15) is 21.9 Å². The smallest absolute Gasteiger partial charge is 0.253 e. The van der Waals surface area contributed by atoms with Crippen LogP contribution in [0.4, 0.5) is 5.13 Å². The second-order valence-electron chi connectivity index (χ2n) is 6.09. The predicted molar refractivity (Wildman–Crippen MR) is 119 cm³/mol. The van der Waals surface area contributed by atoms with Crippen molar-refractivity contribution in [1.29, 1.82) is 0 Å². The molecule has 8 nitrogen and oxygen atoms in total. The van der Waals surface area contributed by atoms with Gasteiger partial charge in [-0.05, 0) is 19.1 Å². The summed E-state index contributed by atoms with van der Waals surface area (Å²) >= 11 is 8.69. The van der Waals surface area contributed by atoms with Gasteiger partial charge in [0.05, 0.1) is 28.6 Å². The Labute approximate surface area is 186 Å². The molecular weight excluding hydrogens is 444 g/mol. The lowest BCUT2D eigenvalue weighted by molar-refractivity contribution is -0.113. The van der Waals surface area contributed by atoms with Crippen LogP contribution in [0.2, 0.25) is 5.02 Å². The minimum absolute atomic E-state index is 0.153. The number of hydrogen-bond donors (Lipinski definition) is 2. The lowest BCUT2D eigenvalue weighted by atomic mass is 10.2. The molecule has 2 heterocycles. The zero-order chi connectivity index (χ0) is 21.5. The second-order valence-corrected chi connectivity index (χ2v) is 8.30. The molecule has 0 aliphatic carbocycles. The van der Waals surface area contributed by atoms with Gasteiger partial charge >= 0.3 is 0 Å². The van der Waals surface area contributed by atoms with E-state index in [1.54, 1.807) is 34.9 Å². The van der Waals surface area contributed by atoms with Gasteiger partial charge in [-0.3, -0.25) is 9.59 Å². The van der Waals surface area contributed by atoms with Gasteiger partial charge in [0, 0.05) is 11.9 Å². The number of hydrogen-bond acceptors (Lipinski definition) is 7. The molecule has 11 heteroatoms. The van der Waals surface area contributed by atoms with Gasteiger partial charge in [0.2, 0.25) is 5.91 Å². The quantitative estimate of drug-likeness (QED) is 0.372. The first-order valence-electron chi connectivity index (χ1n) is 8.88. The minimum Gasteiger partial charge on any atom is -0.345 e. The molecule has 0 aliphatic heterocycles. The topological polar surface area (TPSA) is 102 Å². The first-order valence-corrected chi connectivity index (χ1v) is 11.1. The third-order valence-electron chi connectivity index (χ3n) is 3.83. The Balaban J connectivity index is 1.61. The van der Waals surface area contributed by atoms with Crippen LogP contribution in [-0.4, -0.2) is 37.3 Å². The zero-order valence-electron chi connectivity index (χ0n) is 16.1. The monoisotopic (exact) mass is 462 g/mol. The van der Waals surface area contributed by atoms with Crippen LogP contribution in [0.3, 0.4) is 0 Å². The van der Waals surface area contributed by atoms with Gasteiger partial charge in [-0.25, -0.2) is 4.98 Å². The number of aryl methyl sites for hydroxylation is 1. The Bertz CT molecular complexity index is 1060. The molecule has 0 fully saturated rings. The fraction of sp³-hybridized carbons (Fsp3) is 0.211. The standard InChI is InChI=1S/C19H19ClN6O2S2/c1-3-8-26-15(9-21-17(28)13-6-4-5-7-14(13)20)24-25-19(26)30-11-16(27)23-18-22-12(2)10-29-18/h3-7,10H,1,8-9,11H2,2H3,(H,21,28)(H,22,23,27). The molecule has 3 rings (SSSR count). The Morgan fingerprint density at radius 3 is 2.83 bits per heavy atom. The van der Waals surface area contributed by atoms with E-state index in [0.29, 0.717) is 33.2 Å². The second kappa shape index (κ2) is 10.4. The number of anilines is 1. The van der Waals surface area contributed by atoms with E-state index in [-0.39, 0.29) is 24.1 Å². The number of carbonyl (C=O) groups is 2. The maximum atomic E-state index is 12.4. The lowest BCUT2D eigenvalue weighted by Crippen LogP contribution is -2.25. The van der Waals surface area contributed by atoms with Gasteiger partial charge in [0.25, 0.3) is 5.91 Å². The highest BCUT2D eigenvalue weighted by atomic mass is 35.5. The molecule has 156 valence electrons. The van der Waals surface area contributed by atoms with Crippen LogP contribution < -0.4 is 10.6 Å². The molecule has 0 saturated heterocycles. The highest BCUT2D eigenvalue weighted by Gasteiger charge is 2.16. The Morgan fingerprint density at radius 2 is 2.13 bits per heavy atom. The Hall–Kier alpha value is -2.69. The summed E-state index contributed by atoms with van der Waals surface area (Å²) < 4.78 is 1.80. The number of benzene rings is 1. The average Bonchev–Trinajstić information content (AvgIpc) is 3.31. The molecule has 0 bridgehead atoms. The van der Waals surface area contributed by atoms with Crippen molar-refractivity contribution in [3.8, 4) is 0 Å². The predicted octanol–water partition coefficient (Wildman–Crippen LogP) is 3.54. The number of thiazole rings is 1. The van der Waals surface area contributed by atoms with Crippen LogP contribution in [-0.2, 0) is 17.9 Å². The highest BCUT2D eigenvalue weighted by molar-refractivity contribution is 7.99. The van der Waals surface area contributed by atoms with Crippen molar-refractivity contribution in [2.75, 3.05) is 11.1 Å². The van der Waals surface area contributed by atoms with E-state index in [0.717, 1.165) is 5.69 Å². The Kier molecular flexibility index (Phi) is 7.61. The van der Waals surface area contributed by atoms with Crippen LogP contribution in [0.15, 0.2) is 47.5 Å². The Morgan fingerprint density at radius 1 is 1.33 bits per heavy atom. The summed E-state index contributed by atoms with van der Waals surface area (Å²) in [7, 11) is 0. The fourth-order valence-electron chi connectivity index (χ4n) is 2.47. The van der Waals surface area contributed by atoms with Gasteiger partial charge in [-0.2, -0.15) is 0 Å². The highest BCUT2D eigenvalue weighted by Crippen LogP contribution is 2.20. The molecule has 3 aromatic rings. The van der Waals surface area contributed by atoms with Crippen LogP contribution in [0.5, 0.6) is 0 Å². The molecule has 0 unspecified atom stereocenters. The molecule has 30 heavy (non-hydrogen) atoms. The summed E-state index contributed by atoms with van der Waals surface area (Å²) in [5, 5.41) is 17.2. The van der Waals surface area contributed by atoms with Crippen molar-refractivity contribution >= 4 is 51.6 Å². The first-order chi connectivity index (χ1) is 14.5. The average molecular weight is 463 g/mol. The molecule has 2 amide bonds. The SMILES string of the molecule is C=CCn1c(CNC(=O)c2ccccc2Cl)nnc1SCC(=O)Nc1nc(C)cs1. The van der Waals surface area contributed by atoms with E-state index >= 15 is 0 Å². The third kappa shape index (κ3) is 5.68. The normalized spacial score (nSPS) is 10.6. The molecule has 0 radical (unpaired) electrons. The molecule has 1 aromatic carbocycles. The third-order valence-corrected chi connectivity index (χ3v) is 6.00. The van der Waals surface area contributed by atoms with E-state index in [1.165, 1.54) is 23.1 Å². The fourth-order valence-corrected chi connectivity index (χ4v) is 4.16. The molecule has 0 spiro atoms. The van der Waals surface area contributed by atoms with E-state index in [1.807, 2.05) is 12.3 Å². The largest absolute Gasteiger partial charge is 0.345 e. The maximum absolute atomic E-state index is 12.4. The number of rotatable bonds is 9. The van der Waals surface area contributed by atoms with E-state index < -0.39 is 0 Å². The summed E-state index contributed by atoms with van der Waals surface area (Å²) in [6.45, 7) is 6.22. The molecule has 2 N–H and O–H groups in total. The van der Waals surface area contributed by atoms with Gasteiger partial charge in [-0.15, -0.1) is 28.1 Å². The number of nitrogens with one attached hydrogen (secondary N) is 2. The van der Waals surface area contributed by atoms with Gasteiger partial charge < -0.3 is 15.2 Å². The number of thioether (sulfide) groups is 1. The summed E-state index contributed by atoms with van der Waals surface area (Å²) in [6.07, 6.45) is 1.70. The van der Waals surface area contributed by atoms with Gasteiger partial charge in [-0.1, -0.05) is 41.6 Å². The number of amides is 2. The number of carbonyl (C=O) groups excluding carboxylic acids is 2. The lowest BCUT2D eigenvalue weighted by Gasteiger charge is -2.09. The minimum atomic E-state index is -0.305. The van der Waals surface area contributed by atoms with Crippen LogP contribution >= 0.6 is 34.7 Å². The van der Waals surface area contributed by atoms with E-state index in [2.05, 4.69) is 32.4 Å². The zero-order valence-corrected chi connectivity index (χ0v) is 18.5. The number of allylic oxidation sites excluding steroid dienone is 1. The van der Waals surface area contributed by atoms with Crippen molar-refractivity contribution in [1.82, 2.24) is 25.1 Å².